The van der Waals surface area contributed by atoms with E-state index in [4.69, 9.17) is 0 Å². The maximum Gasteiger partial charge on any atom is 0.148 e. The van der Waals surface area contributed by atoms with Gasteiger partial charge in [-0.05, 0) is 30.1 Å². The lowest BCUT2D eigenvalue weighted by molar-refractivity contribution is -0.167. The summed E-state index contributed by atoms with van der Waals surface area (Å²) in [7, 11) is 0. The zero-order valence-corrected chi connectivity index (χ0v) is 9.30. The van der Waals surface area contributed by atoms with Crippen LogP contribution in [0, 0.1) is 46.3 Å². The Balaban J connectivity index is 1.83. The second-order valence-corrected chi connectivity index (χ2v) is 6.85. The third kappa shape index (κ3) is 0.413. The van der Waals surface area contributed by atoms with Gasteiger partial charge in [-0.15, -0.1) is 0 Å². The maximum absolute atomic E-state index is 12.8. The van der Waals surface area contributed by atoms with Crippen molar-refractivity contribution in [3.63, 3.8) is 0 Å². The van der Waals surface area contributed by atoms with Crippen molar-refractivity contribution in [1.29, 1.82) is 0 Å². The van der Waals surface area contributed by atoms with E-state index < -0.39 is 0 Å². The van der Waals surface area contributed by atoms with Crippen molar-refractivity contribution in [2.24, 2.45) is 46.3 Å². The first-order valence-electron chi connectivity index (χ1n) is 6.71. The lowest BCUT2D eigenvalue weighted by atomic mass is 9.38. The van der Waals surface area contributed by atoms with Crippen molar-refractivity contribution in [2.45, 2.75) is 6.42 Å². The number of ketones is 2. The molecule has 6 aliphatic carbocycles. The Labute approximate surface area is 98.8 Å². The van der Waals surface area contributed by atoms with Crippen LogP contribution in [0.1, 0.15) is 6.42 Å². The molecule has 84 valence electrons. The van der Waals surface area contributed by atoms with E-state index in [-0.39, 0.29) is 22.7 Å². The highest BCUT2D eigenvalue weighted by atomic mass is 16.2. The lowest BCUT2D eigenvalue weighted by Crippen LogP contribution is -2.66. The van der Waals surface area contributed by atoms with Crippen LogP contribution in [-0.4, -0.2) is 11.6 Å². The third-order valence-corrected chi connectivity index (χ3v) is 7.15. The van der Waals surface area contributed by atoms with Gasteiger partial charge in [-0.2, -0.15) is 0 Å². The number of Topliss-reactive ketones (excluding diaryl/α,β-unsaturated/α-hetero) is 2. The fourth-order valence-electron chi connectivity index (χ4n) is 7.19. The van der Waals surface area contributed by atoms with Gasteiger partial charge in [0, 0.05) is 11.8 Å². The molecule has 8 atom stereocenters. The molecule has 8 unspecified atom stereocenters. The molecule has 0 N–H and O–H groups in total. The van der Waals surface area contributed by atoms with Gasteiger partial charge in [-0.3, -0.25) is 9.59 Å². The van der Waals surface area contributed by atoms with E-state index in [0.717, 1.165) is 6.42 Å². The van der Waals surface area contributed by atoms with Crippen LogP contribution in [-0.2, 0) is 9.59 Å². The van der Waals surface area contributed by atoms with E-state index in [1.807, 2.05) is 12.2 Å². The Morgan fingerprint density at radius 2 is 1.35 bits per heavy atom. The maximum atomic E-state index is 12.8. The minimum Gasteiger partial charge on any atom is -0.298 e. The van der Waals surface area contributed by atoms with Crippen LogP contribution in [0.3, 0.4) is 0 Å². The van der Waals surface area contributed by atoms with Crippen LogP contribution in [0.2, 0.25) is 0 Å². The Bertz CT molecular complexity index is 548. The molecule has 6 aliphatic rings. The molecule has 2 heteroatoms. The SMILES string of the molecule is O=C1C2C3CC4C2C(=O)C25C=CC=CC12C3C45. The average molecular weight is 224 g/mol. The molecular formula is C15H12O2. The standard InChI is InChI=1S/C15H12O2/c16-12-8-6-5-7-9(8)13(17)15-4-2-1-3-14(12,15)10(6)11(7)15/h1-4,6-11H,5H2. The summed E-state index contributed by atoms with van der Waals surface area (Å²) in [6.07, 6.45) is 9.33. The Morgan fingerprint density at radius 3 is 1.82 bits per heavy atom. The molecule has 0 radical (unpaired) electrons. The van der Waals surface area contributed by atoms with E-state index in [9.17, 15) is 9.59 Å². The number of carbonyl (C=O) groups is 2. The molecule has 0 heterocycles. The van der Waals surface area contributed by atoms with E-state index in [1.54, 1.807) is 0 Å². The molecule has 0 aliphatic heterocycles. The molecule has 6 rings (SSSR count). The first kappa shape index (κ1) is 8.02. The van der Waals surface area contributed by atoms with Gasteiger partial charge in [0.25, 0.3) is 0 Å². The highest BCUT2D eigenvalue weighted by Crippen LogP contribution is 2.90. The number of carbonyl (C=O) groups excluding carboxylic acids is 2. The van der Waals surface area contributed by atoms with Crippen LogP contribution in [0.4, 0.5) is 0 Å². The lowest BCUT2D eigenvalue weighted by Gasteiger charge is -2.61. The molecule has 2 nitrogen and oxygen atoms in total. The summed E-state index contributed by atoms with van der Waals surface area (Å²) in [6.45, 7) is 0. The molecule has 0 saturated heterocycles. The summed E-state index contributed by atoms with van der Waals surface area (Å²) in [6, 6.07) is 0. The van der Waals surface area contributed by atoms with Gasteiger partial charge in [0.2, 0.25) is 0 Å². The predicted molar refractivity (Wildman–Crippen MR) is 58.7 cm³/mol. The van der Waals surface area contributed by atoms with Crippen molar-refractivity contribution in [1.82, 2.24) is 0 Å². The van der Waals surface area contributed by atoms with Crippen LogP contribution in [0.15, 0.2) is 24.3 Å². The van der Waals surface area contributed by atoms with Gasteiger partial charge in [0.15, 0.2) is 0 Å². The van der Waals surface area contributed by atoms with Crippen molar-refractivity contribution in [3.8, 4) is 0 Å². The molecule has 2 spiro atoms. The first-order valence-corrected chi connectivity index (χ1v) is 6.71. The summed E-state index contributed by atoms with van der Waals surface area (Å²) >= 11 is 0. The summed E-state index contributed by atoms with van der Waals surface area (Å²) < 4.78 is 0. The first-order chi connectivity index (χ1) is 8.25. The van der Waals surface area contributed by atoms with Crippen LogP contribution >= 0.6 is 0 Å². The Hall–Kier alpha value is -1.18. The fourth-order valence-corrected chi connectivity index (χ4v) is 7.19. The molecule has 0 amide bonds. The second kappa shape index (κ2) is 1.79. The molecule has 17 heavy (non-hydrogen) atoms. The highest BCUT2D eigenvalue weighted by molar-refractivity contribution is 6.14. The summed E-state index contributed by atoms with van der Waals surface area (Å²) in [5.74, 6) is 3.23. The zero-order valence-electron chi connectivity index (χ0n) is 9.30. The smallest absolute Gasteiger partial charge is 0.148 e. The molecule has 0 aromatic carbocycles. The summed E-state index contributed by atoms with van der Waals surface area (Å²) in [4.78, 5) is 25.5. The van der Waals surface area contributed by atoms with Gasteiger partial charge in [0.1, 0.15) is 11.6 Å². The van der Waals surface area contributed by atoms with Crippen LogP contribution in [0.25, 0.3) is 0 Å². The monoisotopic (exact) mass is 224 g/mol. The van der Waals surface area contributed by atoms with E-state index >= 15 is 0 Å². The Kier molecular flexibility index (Phi) is 0.842. The number of allylic oxidation sites excluding steroid dienone is 4. The third-order valence-electron chi connectivity index (χ3n) is 7.15. The quantitative estimate of drug-likeness (QED) is 0.623. The largest absolute Gasteiger partial charge is 0.298 e. The Morgan fingerprint density at radius 1 is 0.882 bits per heavy atom. The summed E-state index contributed by atoms with van der Waals surface area (Å²) in [5.41, 5.74) is -0.749. The van der Waals surface area contributed by atoms with E-state index in [2.05, 4.69) is 12.2 Å². The molecule has 5 fully saturated rings. The summed E-state index contributed by atoms with van der Waals surface area (Å²) in [5, 5.41) is 0. The van der Waals surface area contributed by atoms with E-state index in [1.165, 1.54) is 0 Å². The fraction of sp³-hybridized carbons (Fsp3) is 0.600. The van der Waals surface area contributed by atoms with Crippen molar-refractivity contribution in [3.05, 3.63) is 24.3 Å². The highest BCUT2D eigenvalue weighted by Gasteiger charge is 2.94. The average Bonchev–Trinajstić information content (AvgIpc) is 2.86. The molecule has 0 aromatic rings. The minimum absolute atomic E-state index is 0.112. The topological polar surface area (TPSA) is 34.1 Å². The number of rotatable bonds is 0. The van der Waals surface area contributed by atoms with Crippen LogP contribution in [0.5, 0.6) is 0 Å². The van der Waals surface area contributed by atoms with Crippen molar-refractivity contribution < 1.29 is 9.59 Å². The van der Waals surface area contributed by atoms with Gasteiger partial charge in [-0.25, -0.2) is 0 Å². The second-order valence-electron chi connectivity index (χ2n) is 6.85. The van der Waals surface area contributed by atoms with Gasteiger partial charge >= 0.3 is 0 Å². The van der Waals surface area contributed by atoms with Crippen molar-refractivity contribution in [2.75, 3.05) is 0 Å². The van der Waals surface area contributed by atoms with Gasteiger partial charge < -0.3 is 0 Å². The van der Waals surface area contributed by atoms with Gasteiger partial charge in [-0.1, -0.05) is 24.3 Å². The van der Waals surface area contributed by atoms with Gasteiger partial charge in [0.05, 0.1) is 10.8 Å². The van der Waals surface area contributed by atoms with E-state index in [0.29, 0.717) is 35.2 Å². The number of hydrogen-bond donors (Lipinski definition) is 0. The molecule has 2 bridgehead atoms. The predicted octanol–water partition coefficient (Wildman–Crippen LogP) is 1.38. The zero-order chi connectivity index (χ0) is 11.2. The molecular weight excluding hydrogens is 212 g/mol. The molecule has 5 saturated carbocycles. The van der Waals surface area contributed by atoms with Crippen molar-refractivity contribution >= 4 is 11.6 Å². The number of fused-ring (bicyclic) bond motifs is 1. The minimum atomic E-state index is -0.374. The normalized spacial score (nSPS) is 70.4. The number of hydrogen-bond acceptors (Lipinski definition) is 2. The van der Waals surface area contributed by atoms with Crippen LogP contribution < -0.4 is 0 Å². The molecule has 0 aromatic heterocycles.